The van der Waals surface area contributed by atoms with Gasteiger partial charge in [-0.1, -0.05) is 12.5 Å². The molecule has 5 nitrogen and oxygen atoms in total. The summed E-state index contributed by atoms with van der Waals surface area (Å²) in [5.41, 5.74) is 5.56. The fraction of sp³-hybridized carbons (Fsp3) is 0.462. The Hall–Kier alpha value is -2.84. The van der Waals surface area contributed by atoms with Crippen molar-refractivity contribution in [3.63, 3.8) is 0 Å². The van der Waals surface area contributed by atoms with Gasteiger partial charge in [0, 0.05) is 56.6 Å². The van der Waals surface area contributed by atoms with E-state index in [4.69, 9.17) is 5.26 Å². The number of nitriles is 1. The molecule has 2 heterocycles. The van der Waals surface area contributed by atoms with Crippen LogP contribution in [0, 0.1) is 11.3 Å². The monoisotopic (exact) mass is 414 g/mol. The summed E-state index contributed by atoms with van der Waals surface area (Å²) in [4.78, 5) is 19.9. The zero-order valence-corrected chi connectivity index (χ0v) is 18.1. The molecule has 2 aromatic rings. The SMILES string of the molecule is N#Cc1ccc(C(=O)N2CCN(c3ccc4c(c3)CCN(C3CCC3)CC4)CC2)cc1. The molecule has 0 N–H and O–H groups in total. The maximum Gasteiger partial charge on any atom is 0.253 e. The molecule has 5 heteroatoms. The molecule has 1 aliphatic carbocycles. The van der Waals surface area contributed by atoms with Crippen LogP contribution in [0.2, 0.25) is 0 Å². The van der Waals surface area contributed by atoms with Crippen molar-refractivity contribution in [3.05, 3.63) is 64.7 Å². The summed E-state index contributed by atoms with van der Waals surface area (Å²) in [6.07, 6.45) is 6.48. The minimum Gasteiger partial charge on any atom is -0.368 e. The van der Waals surface area contributed by atoms with Crippen molar-refractivity contribution in [2.75, 3.05) is 44.2 Å². The summed E-state index contributed by atoms with van der Waals surface area (Å²) in [5.74, 6) is 0.0576. The topological polar surface area (TPSA) is 50.6 Å². The lowest BCUT2D eigenvalue weighted by atomic mass is 9.91. The number of hydrogen-bond donors (Lipinski definition) is 0. The minimum atomic E-state index is 0.0576. The summed E-state index contributed by atoms with van der Waals surface area (Å²) in [6.45, 7) is 5.56. The molecule has 0 atom stereocenters. The molecule has 3 aliphatic rings. The normalized spacial score (nSPS) is 19.8. The van der Waals surface area contributed by atoms with Gasteiger partial charge in [-0.05, 0) is 73.2 Å². The number of rotatable bonds is 3. The Bertz CT molecular complexity index is 981. The van der Waals surface area contributed by atoms with Crippen molar-refractivity contribution < 1.29 is 4.79 Å². The van der Waals surface area contributed by atoms with E-state index in [1.165, 1.54) is 55.6 Å². The average molecular weight is 415 g/mol. The van der Waals surface area contributed by atoms with E-state index in [-0.39, 0.29) is 5.91 Å². The van der Waals surface area contributed by atoms with Crippen LogP contribution in [0.1, 0.15) is 46.3 Å². The molecule has 0 spiro atoms. The van der Waals surface area contributed by atoms with E-state index >= 15 is 0 Å². The number of nitrogens with zero attached hydrogens (tertiary/aromatic N) is 4. The Morgan fingerprint density at radius 1 is 0.871 bits per heavy atom. The molecule has 0 aromatic heterocycles. The van der Waals surface area contributed by atoms with Gasteiger partial charge in [0.1, 0.15) is 0 Å². The van der Waals surface area contributed by atoms with Gasteiger partial charge in [-0.2, -0.15) is 5.26 Å². The number of amides is 1. The van der Waals surface area contributed by atoms with Crippen LogP contribution in [0.25, 0.3) is 0 Å². The average Bonchev–Trinajstić information content (AvgIpc) is 3.00. The summed E-state index contributed by atoms with van der Waals surface area (Å²) >= 11 is 0. The highest BCUT2D eigenvalue weighted by Gasteiger charge is 2.27. The van der Waals surface area contributed by atoms with E-state index in [1.807, 2.05) is 4.90 Å². The van der Waals surface area contributed by atoms with Crippen LogP contribution in [0.5, 0.6) is 0 Å². The molecule has 1 saturated heterocycles. The number of piperazine rings is 1. The van der Waals surface area contributed by atoms with Crippen molar-refractivity contribution in [2.24, 2.45) is 0 Å². The number of carbonyl (C=O) groups is 1. The number of anilines is 1. The number of fused-ring (bicyclic) bond motifs is 1. The molecule has 31 heavy (non-hydrogen) atoms. The van der Waals surface area contributed by atoms with Crippen LogP contribution in [0.4, 0.5) is 5.69 Å². The first-order valence-electron chi connectivity index (χ1n) is 11.6. The molecule has 0 radical (unpaired) electrons. The van der Waals surface area contributed by atoms with E-state index in [9.17, 15) is 4.79 Å². The van der Waals surface area contributed by atoms with E-state index in [2.05, 4.69) is 34.1 Å². The minimum absolute atomic E-state index is 0.0576. The molecule has 160 valence electrons. The highest BCUT2D eigenvalue weighted by molar-refractivity contribution is 5.94. The molecule has 2 aliphatic heterocycles. The number of carbonyl (C=O) groups excluding carboxylic acids is 1. The maximum absolute atomic E-state index is 12.8. The quantitative estimate of drug-likeness (QED) is 0.772. The molecule has 1 amide bonds. The Morgan fingerprint density at radius 2 is 1.58 bits per heavy atom. The highest BCUT2D eigenvalue weighted by atomic mass is 16.2. The van der Waals surface area contributed by atoms with Gasteiger partial charge in [0.25, 0.3) is 5.91 Å². The Morgan fingerprint density at radius 3 is 2.23 bits per heavy atom. The third-order valence-electron chi connectivity index (χ3n) is 7.31. The summed E-state index contributed by atoms with van der Waals surface area (Å²) in [7, 11) is 0. The number of hydrogen-bond acceptors (Lipinski definition) is 4. The van der Waals surface area contributed by atoms with E-state index in [0.29, 0.717) is 11.1 Å². The fourth-order valence-electron chi connectivity index (χ4n) is 5.08. The Balaban J connectivity index is 1.20. The number of benzene rings is 2. The van der Waals surface area contributed by atoms with Crippen molar-refractivity contribution in [3.8, 4) is 6.07 Å². The van der Waals surface area contributed by atoms with Crippen LogP contribution in [0.15, 0.2) is 42.5 Å². The van der Waals surface area contributed by atoms with Crippen molar-refractivity contribution in [1.82, 2.24) is 9.80 Å². The zero-order valence-electron chi connectivity index (χ0n) is 18.1. The first-order valence-corrected chi connectivity index (χ1v) is 11.6. The summed E-state index contributed by atoms with van der Waals surface area (Å²) in [5, 5.41) is 8.94. The predicted octanol–water partition coefficient (Wildman–Crippen LogP) is 3.47. The van der Waals surface area contributed by atoms with E-state index < -0.39 is 0 Å². The maximum atomic E-state index is 12.8. The van der Waals surface area contributed by atoms with E-state index in [0.717, 1.165) is 38.6 Å². The van der Waals surface area contributed by atoms with Gasteiger partial charge in [0.05, 0.1) is 11.6 Å². The van der Waals surface area contributed by atoms with Gasteiger partial charge in [-0.25, -0.2) is 0 Å². The first kappa shape index (κ1) is 20.1. The van der Waals surface area contributed by atoms with Crippen LogP contribution >= 0.6 is 0 Å². The third-order valence-corrected chi connectivity index (χ3v) is 7.31. The van der Waals surface area contributed by atoms with Crippen LogP contribution in [0.3, 0.4) is 0 Å². The van der Waals surface area contributed by atoms with Crippen LogP contribution in [-0.2, 0) is 12.8 Å². The van der Waals surface area contributed by atoms with Crippen LogP contribution in [-0.4, -0.2) is 61.0 Å². The Kier molecular flexibility index (Phi) is 5.65. The lowest BCUT2D eigenvalue weighted by molar-refractivity contribution is 0.0747. The molecule has 2 fully saturated rings. The second-order valence-electron chi connectivity index (χ2n) is 9.04. The molecule has 0 unspecified atom stereocenters. The first-order chi connectivity index (χ1) is 15.2. The largest absolute Gasteiger partial charge is 0.368 e. The van der Waals surface area contributed by atoms with Crippen molar-refractivity contribution in [2.45, 2.75) is 38.1 Å². The molecule has 2 aromatic carbocycles. The van der Waals surface area contributed by atoms with Gasteiger partial charge in [0.2, 0.25) is 0 Å². The van der Waals surface area contributed by atoms with Gasteiger partial charge in [-0.15, -0.1) is 0 Å². The van der Waals surface area contributed by atoms with Gasteiger partial charge in [0.15, 0.2) is 0 Å². The smallest absolute Gasteiger partial charge is 0.253 e. The third kappa shape index (κ3) is 4.18. The second-order valence-corrected chi connectivity index (χ2v) is 9.04. The van der Waals surface area contributed by atoms with Gasteiger partial charge < -0.3 is 9.80 Å². The second kappa shape index (κ2) is 8.72. The van der Waals surface area contributed by atoms with Crippen molar-refractivity contribution >= 4 is 11.6 Å². The van der Waals surface area contributed by atoms with Gasteiger partial charge >= 0.3 is 0 Å². The molecule has 0 bridgehead atoms. The predicted molar refractivity (Wildman–Crippen MR) is 122 cm³/mol. The Labute approximate surface area is 184 Å². The lowest BCUT2D eigenvalue weighted by Crippen LogP contribution is -2.48. The summed E-state index contributed by atoms with van der Waals surface area (Å²) in [6, 6.07) is 16.9. The fourth-order valence-corrected chi connectivity index (χ4v) is 5.08. The van der Waals surface area contributed by atoms with Crippen LogP contribution < -0.4 is 4.90 Å². The van der Waals surface area contributed by atoms with E-state index in [1.54, 1.807) is 24.3 Å². The van der Waals surface area contributed by atoms with Gasteiger partial charge in [-0.3, -0.25) is 9.69 Å². The zero-order chi connectivity index (χ0) is 21.2. The molecular formula is C26H30N4O. The molecular weight excluding hydrogens is 384 g/mol. The lowest BCUT2D eigenvalue weighted by Gasteiger charge is -2.36. The molecule has 5 rings (SSSR count). The highest BCUT2D eigenvalue weighted by Crippen LogP contribution is 2.29. The van der Waals surface area contributed by atoms with Crippen molar-refractivity contribution in [1.29, 1.82) is 5.26 Å². The summed E-state index contributed by atoms with van der Waals surface area (Å²) < 4.78 is 0. The standard InChI is InChI=1S/C26H30N4O/c27-19-20-4-6-22(7-5-20)26(31)30-16-14-29(15-17-30)25-9-8-21-10-12-28(24-2-1-3-24)13-11-23(21)18-25/h4-9,18,24H,1-3,10-17H2. The molecule has 1 saturated carbocycles.